The van der Waals surface area contributed by atoms with Gasteiger partial charge in [0.05, 0.1) is 0 Å². The van der Waals surface area contributed by atoms with Gasteiger partial charge in [-0.05, 0) is 12.8 Å². The molecule has 1 nitrogen and oxygen atoms in total. The van der Waals surface area contributed by atoms with Crippen LogP contribution in [-0.4, -0.2) is 13.2 Å². The molecule has 0 rings (SSSR count). The molecule has 0 aliphatic rings. The Kier molecular flexibility index (Phi) is 5.83. The second kappa shape index (κ2) is 6.16. The molecule has 0 spiro atoms. The summed E-state index contributed by atoms with van der Waals surface area (Å²) < 4.78 is 0. The molecule has 0 aromatic heterocycles. The maximum Gasteiger partial charge on any atom is 0.147 e. The minimum Gasteiger partial charge on any atom is -0.351 e. The van der Waals surface area contributed by atoms with Crippen molar-refractivity contribution in [2.24, 2.45) is 5.92 Å². The third-order valence-corrected chi connectivity index (χ3v) is 2.15. The largest absolute Gasteiger partial charge is 0.351 e. The number of hydrogen-bond acceptors (Lipinski definition) is 1. The van der Waals surface area contributed by atoms with Crippen LogP contribution < -0.4 is 5.32 Å². The first-order valence-electron chi connectivity index (χ1n) is 4.43. The molecule has 0 saturated heterocycles. The van der Waals surface area contributed by atoms with Crippen LogP contribution in [0.1, 0.15) is 27.2 Å². The van der Waals surface area contributed by atoms with Gasteiger partial charge >= 0.3 is 0 Å². The van der Waals surface area contributed by atoms with E-state index in [1.165, 1.54) is 6.42 Å². The lowest BCUT2D eigenvalue weighted by atomic mass is 9.66. The quantitative estimate of drug-likeness (QED) is 0.364. The Labute approximate surface area is 71.2 Å². The molecule has 62 valence electrons. The van der Waals surface area contributed by atoms with Crippen molar-refractivity contribution in [3.05, 3.63) is 0 Å². The first-order chi connectivity index (χ1) is 5.26. The monoisotopic (exact) mass is 151 g/mol. The van der Waals surface area contributed by atoms with E-state index in [0.717, 1.165) is 13.2 Å². The molecule has 0 aromatic rings. The molecule has 2 atom stereocenters. The third-order valence-electron chi connectivity index (χ3n) is 2.15. The lowest BCUT2D eigenvalue weighted by Gasteiger charge is -2.19. The average molecular weight is 151 g/mol. The molecule has 0 aliphatic heterocycles. The molecule has 0 aliphatic carbocycles. The molecule has 0 bridgehead atoms. The Balaban J connectivity index is 3.80. The van der Waals surface area contributed by atoms with E-state index in [9.17, 15) is 0 Å². The molecule has 11 heavy (non-hydrogen) atoms. The molecular formula is C9H18BN. The topological polar surface area (TPSA) is 12.0 Å². The van der Waals surface area contributed by atoms with E-state index in [1.807, 2.05) is 6.92 Å². The van der Waals surface area contributed by atoms with E-state index >= 15 is 0 Å². The highest BCUT2D eigenvalue weighted by Gasteiger charge is 2.11. The summed E-state index contributed by atoms with van der Waals surface area (Å²) in [6.45, 7) is 8.53. The fraction of sp³-hybridized carbons (Fsp3) is 0.778. The van der Waals surface area contributed by atoms with Crippen LogP contribution in [0.2, 0.25) is 6.82 Å². The van der Waals surface area contributed by atoms with E-state index in [2.05, 4.69) is 38.0 Å². The second-order valence-corrected chi connectivity index (χ2v) is 2.92. The highest BCUT2D eigenvalue weighted by atomic mass is 14.9. The maximum absolute atomic E-state index is 3.21. The summed E-state index contributed by atoms with van der Waals surface area (Å²) in [5, 5.41) is 3.21. The van der Waals surface area contributed by atoms with Crippen LogP contribution >= 0.6 is 0 Å². The zero-order chi connectivity index (χ0) is 8.69. The summed E-state index contributed by atoms with van der Waals surface area (Å²) in [7, 11) is 1.16. The minimum absolute atomic E-state index is 0.562. The van der Waals surface area contributed by atoms with E-state index in [-0.39, 0.29) is 0 Å². The number of rotatable bonds is 4. The summed E-state index contributed by atoms with van der Waals surface area (Å²) in [5.74, 6) is 4.14. The highest BCUT2D eigenvalue weighted by molar-refractivity contribution is 6.35. The zero-order valence-corrected chi connectivity index (χ0v) is 8.07. The summed E-state index contributed by atoms with van der Waals surface area (Å²) in [6, 6.07) is 2.91. The Bertz CT molecular complexity index is 145. The van der Waals surface area contributed by atoms with Gasteiger partial charge in [0.1, 0.15) is 7.28 Å². The molecule has 0 aromatic carbocycles. The molecule has 0 saturated carbocycles. The van der Waals surface area contributed by atoms with Crippen molar-refractivity contribution in [1.82, 2.24) is 5.32 Å². The first-order valence-corrected chi connectivity index (χ1v) is 4.43. The van der Waals surface area contributed by atoms with Crippen LogP contribution in [0.4, 0.5) is 0 Å². The van der Waals surface area contributed by atoms with Crippen molar-refractivity contribution in [2.45, 2.75) is 40.0 Å². The van der Waals surface area contributed by atoms with Crippen molar-refractivity contribution in [3.8, 4) is 12.0 Å². The minimum atomic E-state index is 0.562. The summed E-state index contributed by atoms with van der Waals surface area (Å²) in [5.41, 5.74) is 0. The van der Waals surface area contributed by atoms with E-state index in [0.29, 0.717) is 5.94 Å². The van der Waals surface area contributed by atoms with Crippen LogP contribution in [0.3, 0.4) is 0 Å². The van der Waals surface area contributed by atoms with Crippen LogP contribution in [0.5, 0.6) is 0 Å². The number of hydrogen-bond donors (Lipinski definition) is 1. The third kappa shape index (κ3) is 3.98. The summed E-state index contributed by atoms with van der Waals surface area (Å²) in [6.07, 6.45) is 1.22. The SMILES string of the molecule is CBC(NC#CC)[C@@H](C)CC. The Morgan fingerprint density at radius 3 is 2.55 bits per heavy atom. The lowest BCUT2D eigenvalue weighted by Crippen LogP contribution is -2.35. The second-order valence-electron chi connectivity index (χ2n) is 2.92. The molecule has 1 N–H and O–H groups in total. The van der Waals surface area contributed by atoms with Gasteiger partial charge in [-0.2, -0.15) is 0 Å². The van der Waals surface area contributed by atoms with Gasteiger partial charge < -0.3 is 5.32 Å². The van der Waals surface area contributed by atoms with Crippen LogP contribution in [0.25, 0.3) is 0 Å². The van der Waals surface area contributed by atoms with Crippen molar-refractivity contribution in [1.29, 1.82) is 0 Å². The van der Waals surface area contributed by atoms with E-state index in [4.69, 9.17) is 0 Å². The molecule has 1 unspecified atom stereocenters. The van der Waals surface area contributed by atoms with Gasteiger partial charge in [0.25, 0.3) is 0 Å². The van der Waals surface area contributed by atoms with Gasteiger partial charge in [0.15, 0.2) is 0 Å². The van der Waals surface area contributed by atoms with Crippen molar-refractivity contribution in [2.75, 3.05) is 0 Å². The first kappa shape index (κ1) is 10.4. The number of nitrogens with one attached hydrogen (secondary N) is 1. The fourth-order valence-corrected chi connectivity index (χ4v) is 1.10. The molecule has 0 radical (unpaired) electrons. The van der Waals surface area contributed by atoms with Gasteiger partial charge in [0, 0.05) is 12.0 Å². The highest BCUT2D eigenvalue weighted by Crippen LogP contribution is 2.05. The molecule has 2 heteroatoms. The average Bonchev–Trinajstić information content (AvgIpc) is 2.05. The standard InChI is InChI=1S/C9H18BN/c1-5-7-11-9(10-4)8(3)6-2/h8-11H,6H2,1-4H3/t8-,9?/m0/s1. The van der Waals surface area contributed by atoms with Gasteiger partial charge in [-0.25, -0.2) is 0 Å². The van der Waals surface area contributed by atoms with Crippen molar-refractivity contribution < 1.29 is 0 Å². The van der Waals surface area contributed by atoms with E-state index < -0.39 is 0 Å². The van der Waals surface area contributed by atoms with Crippen LogP contribution in [0.15, 0.2) is 0 Å². The molecular weight excluding hydrogens is 133 g/mol. The predicted molar refractivity (Wildman–Crippen MR) is 52.8 cm³/mol. The van der Waals surface area contributed by atoms with Crippen molar-refractivity contribution in [3.63, 3.8) is 0 Å². The molecule has 0 heterocycles. The maximum atomic E-state index is 3.21. The predicted octanol–water partition coefficient (Wildman–Crippen LogP) is 1.41. The van der Waals surface area contributed by atoms with E-state index in [1.54, 1.807) is 0 Å². The van der Waals surface area contributed by atoms with Gasteiger partial charge in [-0.15, -0.1) is 0 Å². The Hall–Kier alpha value is -0.575. The normalized spacial score (nSPS) is 14.2. The smallest absolute Gasteiger partial charge is 0.147 e. The summed E-state index contributed by atoms with van der Waals surface area (Å²) >= 11 is 0. The molecule has 0 fully saturated rings. The lowest BCUT2D eigenvalue weighted by molar-refractivity contribution is 0.499. The van der Waals surface area contributed by atoms with Gasteiger partial charge in [-0.1, -0.05) is 33.0 Å². The van der Waals surface area contributed by atoms with Crippen LogP contribution in [0, 0.1) is 17.9 Å². The fourth-order valence-electron chi connectivity index (χ4n) is 1.10. The summed E-state index contributed by atoms with van der Waals surface area (Å²) in [4.78, 5) is 0. The zero-order valence-electron chi connectivity index (χ0n) is 8.07. The molecule has 0 amide bonds. The van der Waals surface area contributed by atoms with Gasteiger partial charge in [-0.3, -0.25) is 0 Å². The Morgan fingerprint density at radius 2 is 2.18 bits per heavy atom. The Morgan fingerprint density at radius 1 is 1.55 bits per heavy atom. The van der Waals surface area contributed by atoms with Crippen molar-refractivity contribution >= 4 is 7.28 Å². The van der Waals surface area contributed by atoms with Crippen LogP contribution in [-0.2, 0) is 0 Å². The van der Waals surface area contributed by atoms with Gasteiger partial charge in [0.2, 0.25) is 0 Å².